The van der Waals surface area contributed by atoms with Crippen LogP contribution in [-0.4, -0.2) is 23.4 Å². The lowest BCUT2D eigenvalue weighted by molar-refractivity contribution is 0.00449. The molecular formula is C14H20O2. The van der Waals surface area contributed by atoms with Crippen LogP contribution in [0.25, 0.3) is 0 Å². The molecule has 2 N–H and O–H groups in total. The highest BCUT2D eigenvalue weighted by Crippen LogP contribution is 2.46. The molecule has 0 spiro atoms. The Morgan fingerprint density at radius 2 is 1.75 bits per heavy atom. The second-order valence-corrected chi connectivity index (χ2v) is 4.89. The van der Waals surface area contributed by atoms with E-state index in [9.17, 15) is 10.2 Å². The summed E-state index contributed by atoms with van der Waals surface area (Å²) in [5, 5.41) is 19.2. The summed E-state index contributed by atoms with van der Waals surface area (Å²) in [6.45, 7) is 0.173. The topological polar surface area (TPSA) is 40.5 Å². The van der Waals surface area contributed by atoms with Crippen molar-refractivity contribution >= 4 is 0 Å². The zero-order chi connectivity index (χ0) is 11.4. The molecule has 0 radical (unpaired) electrons. The summed E-state index contributed by atoms with van der Waals surface area (Å²) in [4.78, 5) is 0. The SMILES string of the molecule is OCC1(CO)CCCCC1c1ccccc1. The predicted octanol–water partition coefficient (Wildman–Crippen LogP) is 2.32. The molecular weight excluding hydrogens is 200 g/mol. The molecule has 2 heteroatoms. The second-order valence-electron chi connectivity index (χ2n) is 4.89. The molecule has 2 nitrogen and oxygen atoms in total. The molecule has 16 heavy (non-hydrogen) atoms. The van der Waals surface area contributed by atoms with E-state index in [-0.39, 0.29) is 18.6 Å². The summed E-state index contributed by atoms with van der Waals surface area (Å²) >= 11 is 0. The molecule has 0 saturated heterocycles. The van der Waals surface area contributed by atoms with Gasteiger partial charge < -0.3 is 10.2 Å². The third-order valence-electron chi connectivity index (χ3n) is 3.99. The zero-order valence-corrected chi connectivity index (χ0v) is 9.60. The molecule has 0 amide bonds. The standard InChI is InChI=1S/C14H20O2/c15-10-14(11-16)9-5-4-8-13(14)12-6-2-1-3-7-12/h1-3,6-7,13,15-16H,4-5,8-11H2. The highest BCUT2D eigenvalue weighted by Gasteiger charge is 2.40. The van der Waals surface area contributed by atoms with E-state index in [4.69, 9.17) is 0 Å². The minimum Gasteiger partial charge on any atom is -0.396 e. The molecule has 1 aliphatic rings. The highest BCUT2D eigenvalue weighted by atomic mass is 16.3. The Kier molecular flexibility index (Phi) is 3.62. The van der Waals surface area contributed by atoms with Crippen LogP contribution in [0.3, 0.4) is 0 Å². The van der Waals surface area contributed by atoms with E-state index in [2.05, 4.69) is 12.1 Å². The Hall–Kier alpha value is -0.860. The van der Waals surface area contributed by atoms with E-state index in [1.165, 1.54) is 12.0 Å². The summed E-state index contributed by atoms with van der Waals surface area (Å²) in [6, 6.07) is 10.3. The quantitative estimate of drug-likeness (QED) is 0.820. The summed E-state index contributed by atoms with van der Waals surface area (Å²) in [5.41, 5.74) is 0.949. The minimum atomic E-state index is -0.306. The van der Waals surface area contributed by atoms with E-state index >= 15 is 0 Å². The third kappa shape index (κ3) is 2.00. The van der Waals surface area contributed by atoms with Gasteiger partial charge in [0.05, 0.1) is 13.2 Å². The highest BCUT2D eigenvalue weighted by molar-refractivity contribution is 5.23. The van der Waals surface area contributed by atoms with E-state index in [0.29, 0.717) is 5.92 Å². The van der Waals surface area contributed by atoms with E-state index in [0.717, 1.165) is 19.3 Å². The maximum atomic E-state index is 9.61. The van der Waals surface area contributed by atoms with Gasteiger partial charge in [-0.05, 0) is 24.3 Å². The van der Waals surface area contributed by atoms with Gasteiger partial charge in [0.15, 0.2) is 0 Å². The van der Waals surface area contributed by atoms with Crippen LogP contribution in [0.2, 0.25) is 0 Å². The first-order chi connectivity index (χ1) is 7.82. The van der Waals surface area contributed by atoms with Crippen LogP contribution in [0, 0.1) is 5.41 Å². The fourth-order valence-electron chi connectivity index (χ4n) is 2.94. The average Bonchev–Trinajstić information content (AvgIpc) is 2.39. The van der Waals surface area contributed by atoms with Gasteiger partial charge in [0.2, 0.25) is 0 Å². The first-order valence-corrected chi connectivity index (χ1v) is 6.09. The maximum Gasteiger partial charge on any atom is 0.0515 e. The Balaban J connectivity index is 2.29. The first-order valence-electron chi connectivity index (χ1n) is 6.09. The summed E-state index contributed by atoms with van der Waals surface area (Å²) in [6.07, 6.45) is 4.32. The number of hydrogen-bond donors (Lipinski definition) is 2. The lowest BCUT2D eigenvalue weighted by Gasteiger charge is -2.42. The Morgan fingerprint density at radius 1 is 1.06 bits per heavy atom. The van der Waals surface area contributed by atoms with Crippen LogP contribution in [0.5, 0.6) is 0 Å². The van der Waals surface area contributed by atoms with E-state index in [1.807, 2.05) is 18.2 Å². The molecule has 1 aromatic rings. The van der Waals surface area contributed by atoms with Crippen molar-refractivity contribution in [2.75, 3.05) is 13.2 Å². The number of aliphatic hydroxyl groups is 2. The molecule has 1 fully saturated rings. The summed E-state index contributed by atoms with van der Waals surface area (Å²) in [5.74, 6) is 0.303. The van der Waals surface area contributed by atoms with Crippen molar-refractivity contribution in [2.24, 2.45) is 5.41 Å². The smallest absolute Gasteiger partial charge is 0.0515 e. The van der Waals surface area contributed by atoms with Gasteiger partial charge >= 0.3 is 0 Å². The molecule has 2 rings (SSSR count). The van der Waals surface area contributed by atoms with Gasteiger partial charge in [-0.2, -0.15) is 0 Å². The van der Waals surface area contributed by atoms with Crippen LogP contribution < -0.4 is 0 Å². The van der Waals surface area contributed by atoms with Gasteiger partial charge in [-0.1, -0.05) is 43.2 Å². The molecule has 1 aliphatic carbocycles. The van der Waals surface area contributed by atoms with Crippen LogP contribution in [0.1, 0.15) is 37.2 Å². The van der Waals surface area contributed by atoms with E-state index in [1.54, 1.807) is 0 Å². The molecule has 1 saturated carbocycles. The number of aliphatic hydroxyl groups excluding tert-OH is 2. The van der Waals surface area contributed by atoms with Gasteiger partial charge in [0, 0.05) is 5.41 Å². The lowest BCUT2D eigenvalue weighted by atomic mass is 9.64. The number of hydrogen-bond acceptors (Lipinski definition) is 2. The molecule has 0 aromatic heterocycles. The fraction of sp³-hybridized carbons (Fsp3) is 0.571. The normalized spacial score (nSPS) is 24.2. The Labute approximate surface area is 96.9 Å². The monoisotopic (exact) mass is 220 g/mol. The van der Waals surface area contributed by atoms with Crippen molar-refractivity contribution in [1.29, 1.82) is 0 Å². The van der Waals surface area contributed by atoms with Crippen molar-refractivity contribution < 1.29 is 10.2 Å². The molecule has 0 bridgehead atoms. The average molecular weight is 220 g/mol. The largest absolute Gasteiger partial charge is 0.396 e. The van der Waals surface area contributed by atoms with Gasteiger partial charge in [-0.15, -0.1) is 0 Å². The van der Waals surface area contributed by atoms with Crippen LogP contribution >= 0.6 is 0 Å². The van der Waals surface area contributed by atoms with Gasteiger partial charge in [-0.3, -0.25) is 0 Å². The first kappa shape index (κ1) is 11.6. The second kappa shape index (κ2) is 4.98. The van der Waals surface area contributed by atoms with Crippen molar-refractivity contribution in [3.8, 4) is 0 Å². The van der Waals surface area contributed by atoms with E-state index < -0.39 is 0 Å². The van der Waals surface area contributed by atoms with Crippen LogP contribution in [0.15, 0.2) is 30.3 Å². The van der Waals surface area contributed by atoms with Crippen molar-refractivity contribution in [1.82, 2.24) is 0 Å². The zero-order valence-electron chi connectivity index (χ0n) is 9.60. The lowest BCUT2D eigenvalue weighted by Crippen LogP contribution is -2.39. The Bertz CT molecular complexity index is 317. The fourth-order valence-corrected chi connectivity index (χ4v) is 2.94. The van der Waals surface area contributed by atoms with Crippen LogP contribution in [-0.2, 0) is 0 Å². The van der Waals surface area contributed by atoms with Gasteiger partial charge in [0.25, 0.3) is 0 Å². The van der Waals surface area contributed by atoms with Gasteiger partial charge in [-0.25, -0.2) is 0 Å². The maximum absolute atomic E-state index is 9.61. The number of rotatable bonds is 3. The van der Waals surface area contributed by atoms with Gasteiger partial charge in [0.1, 0.15) is 0 Å². The molecule has 0 aliphatic heterocycles. The Morgan fingerprint density at radius 3 is 2.38 bits per heavy atom. The summed E-state index contributed by atoms with van der Waals surface area (Å²) < 4.78 is 0. The van der Waals surface area contributed by atoms with Crippen molar-refractivity contribution in [2.45, 2.75) is 31.6 Å². The number of benzene rings is 1. The third-order valence-corrected chi connectivity index (χ3v) is 3.99. The molecule has 1 atom stereocenters. The predicted molar refractivity (Wildman–Crippen MR) is 64.3 cm³/mol. The van der Waals surface area contributed by atoms with Crippen molar-refractivity contribution in [3.63, 3.8) is 0 Å². The molecule has 1 aromatic carbocycles. The molecule has 1 unspecified atom stereocenters. The molecule has 0 heterocycles. The van der Waals surface area contributed by atoms with Crippen LogP contribution in [0.4, 0.5) is 0 Å². The molecule has 88 valence electrons. The summed E-state index contributed by atoms with van der Waals surface area (Å²) in [7, 11) is 0. The van der Waals surface area contributed by atoms with Crippen molar-refractivity contribution in [3.05, 3.63) is 35.9 Å². The minimum absolute atomic E-state index is 0.0864.